The monoisotopic (exact) mass is 371 g/mol. The van der Waals surface area contributed by atoms with Crippen LogP contribution in [0.1, 0.15) is 5.56 Å². The van der Waals surface area contributed by atoms with Gasteiger partial charge in [-0.2, -0.15) is 0 Å². The second-order valence-corrected chi connectivity index (χ2v) is 5.47. The molecule has 0 atom stereocenters. The molecule has 0 spiro atoms. The lowest BCUT2D eigenvalue weighted by Crippen LogP contribution is -2.14. The van der Waals surface area contributed by atoms with Crippen molar-refractivity contribution in [1.82, 2.24) is 0 Å². The first kappa shape index (κ1) is 22.8. The Balaban J connectivity index is 1.80. The molecule has 1 rings (SSSR count). The van der Waals surface area contributed by atoms with Crippen LogP contribution in [0.2, 0.25) is 0 Å². The van der Waals surface area contributed by atoms with Crippen molar-refractivity contribution in [2.24, 2.45) is 5.73 Å². The molecular formula is C19H33NO6. The van der Waals surface area contributed by atoms with Gasteiger partial charge < -0.3 is 34.2 Å². The predicted octanol–water partition coefficient (Wildman–Crippen LogP) is 1.28. The number of nitrogens with two attached hydrogens (primary N) is 1. The van der Waals surface area contributed by atoms with E-state index in [2.05, 4.69) is 0 Å². The van der Waals surface area contributed by atoms with E-state index in [4.69, 9.17) is 34.2 Å². The van der Waals surface area contributed by atoms with Gasteiger partial charge in [0.15, 0.2) is 0 Å². The second-order valence-electron chi connectivity index (χ2n) is 5.47. The Hall–Kier alpha value is -1.22. The van der Waals surface area contributed by atoms with Crippen LogP contribution in [0.4, 0.5) is 0 Å². The zero-order chi connectivity index (χ0) is 18.7. The summed E-state index contributed by atoms with van der Waals surface area (Å²) in [6.07, 6.45) is 0.886. The lowest BCUT2D eigenvalue weighted by molar-refractivity contribution is -0.00978. The Morgan fingerprint density at radius 1 is 0.654 bits per heavy atom. The molecule has 2 N–H and O–H groups in total. The molecule has 7 heteroatoms. The molecule has 150 valence electrons. The van der Waals surface area contributed by atoms with Crippen LogP contribution in [0.15, 0.2) is 24.3 Å². The van der Waals surface area contributed by atoms with E-state index < -0.39 is 0 Å². The smallest absolute Gasteiger partial charge is 0.119 e. The van der Waals surface area contributed by atoms with Gasteiger partial charge in [-0.1, -0.05) is 12.1 Å². The molecule has 0 saturated heterocycles. The van der Waals surface area contributed by atoms with Crippen molar-refractivity contribution in [2.75, 3.05) is 79.7 Å². The highest BCUT2D eigenvalue weighted by Crippen LogP contribution is 2.12. The lowest BCUT2D eigenvalue weighted by Gasteiger charge is -2.09. The maximum absolute atomic E-state index is 5.61. The van der Waals surface area contributed by atoms with E-state index in [1.165, 1.54) is 5.56 Å². The van der Waals surface area contributed by atoms with Crippen molar-refractivity contribution in [3.8, 4) is 5.75 Å². The van der Waals surface area contributed by atoms with Crippen LogP contribution in [-0.2, 0) is 30.1 Å². The van der Waals surface area contributed by atoms with Crippen molar-refractivity contribution in [1.29, 1.82) is 0 Å². The minimum atomic E-state index is 0.516. The first-order valence-electron chi connectivity index (χ1n) is 9.08. The Labute approximate surface area is 156 Å². The van der Waals surface area contributed by atoms with Crippen molar-refractivity contribution in [3.63, 3.8) is 0 Å². The number of hydrogen-bond acceptors (Lipinski definition) is 7. The number of benzene rings is 1. The van der Waals surface area contributed by atoms with E-state index in [9.17, 15) is 0 Å². The molecule has 0 aromatic heterocycles. The van der Waals surface area contributed by atoms with Gasteiger partial charge in [0.25, 0.3) is 0 Å². The molecule has 0 amide bonds. The van der Waals surface area contributed by atoms with E-state index in [-0.39, 0.29) is 0 Å². The normalized spacial score (nSPS) is 11.0. The van der Waals surface area contributed by atoms with Gasteiger partial charge in [-0.3, -0.25) is 0 Å². The summed E-state index contributed by atoms with van der Waals surface area (Å²) in [5.74, 6) is 0.842. The summed E-state index contributed by atoms with van der Waals surface area (Å²) >= 11 is 0. The maximum Gasteiger partial charge on any atom is 0.119 e. The fourth-order valence-electron chi connectivity index (χ4n) is 2.04. The topological polar surface area (TPSA) is 81.4 Å². The molecule has 0 aliphatic heterocycles. The fraction of sp³-hybridized carbons (Fsp3) is 0.684. The molecule has 0 aliphatic rings. The highest BCUT2D eigenvalue weighted by Gasteiger charge is 1.96. The first-order valence-corrected chi connectivity index (χ1v) is 9.08. The van der Waals surface area contributed by atoms with Crippen molar-refractivity contribution >= 4 is 0 Å². The third-order valence-corrected chi connectivity index (χ3v) is 3.40. The van der Waals surface area contributed by atoms with Gasteiger partial charge in [0, 0.05) is 7.11 Å². The van der Waals surface area contributed by atoms with Gasteiger partial charge in [0.05, 0.1) is 59.5 Å². The summed E-state index contributed by atoms with van der Waals surface area (Å²) in [6.45, 7) is 6.23. The third kappa shape index (κ3) is 13.0. The van der Waals surface area contributed by atoms with Gasteiger partial charge in [-0.15, -0.1) is 0 Å². The third-order valence-electron chi connectivity index (χ3n) is 3.40. The summed E-state index contributed by atoms with van der Waals surface area (Å²) in [7, 11) is 1.65. The Morgan fingerprint density at radius 2 is 1.12 bits per heavy atom. The minimum Gasteiger partial charge on any atom is -0.491 e. The standard InChI is InChI=1S/C19H33NO6/c1-21-8-9-22-10-11-23-12-13-24-14-15-25-16-17-26-19-4-2-18(3-5-19)6-7-20/h2-5H,6-17,20H2,1H3. The predicted molar refractivity (Wildman–Crippen MR) is 99.8 cm³/mol. The molecule has 0 saturated carbocycles. The molecule has 0 radical (unpaired) electrons. The molecule has 0 aliphatic carbocycles. The van der Waals surface area contributed by atoms with Gasteiger partial charge in [0.2, 0.25) is 0 Å². The fourth-order valence-corrected chi connectivity index (χ4v) is 2.04. The molecule has 1 aromatic rings. The van der Waals surface area contributed by atoms with Crippen LogP contribution in [0.25, 0.3) is 0 Å². The summed E-state index contributed by atoms with van der Waals surface area (Å²) < 4.78 is 32.0. The number of ether oxygens (including phenoxy) is 6. The molecule has 1 aromatic carbocycles. The van der Waals surface area contributed by atoms with Crippen molar-refractivity contribution < 1.29 is 28.4 Å². The molecule has 0 unspecified atom stereocenters. The van der Waals surface area contributed by atoms with Gasteiger partial charge >= 0.3 is 0 Å². The van der Waals surface area contributed by atoms with Crippen LogP contribution in [0.5, 0.6) is 5.75 Å². The van der Waals surface area contributed by atoms with E-state index >= 15 is 0 Å². The first-order chi connectivity index (χ1) is 12.9. The molecule has 7 nitrogen and oxygen atoms in total. The summed E-state index contributed by atoms with van der Waals surface area (Å²) in [5, 5.41) is 0. The summed E-state index contributed by atoms with van der Waals surface area (Å²) in [6, 6.07) is 7.98. The van der Waals surface area contributed by atoms with Gasteiger partial charge in [0.1, 0.15) is 12.4 Å². The highest BCUT2D eigenvalue weighted by molar-refractivity contribution is 5.27. The van der Waals surface area contributed by atoms with E-state index in [0.29, 0.717) is 72.6 Å². The van der Waals surface area contributed by atoms with E-state index in [1.54, 1.807) is 7.11 Å². The van der Waals surface area contributed by atoms with Gasteiger partial charge in [-0.25, -0.2) is 0 Å². The van der Waals surface area contributed by atoms with E-state index in [0.717, 1.165) is 12.2 Å². The second kappa shape index (κ2) is 17.2. The Morgan fingerprint density at radius 3 is 1.58 bits per heavy atom. The van der Waals surface area contributed by atoms with E-state index in [1.807, 2.05) is 24.3 Å². The van der Waals surface area contributed by atoms with Crippen LogP contribution in [0.3, 0.4) is 0 Å². The zero-order valence-electron chi connectivity index (χ0n) is 15.8. The lowest BCUT2D eigenvalue weighted by atomic mass is 10.1. The van der Waals surface area contributed by atoms with Crippen LogP contribution < -0.4 is 10.5 Å². The largest absolute Gasteiger partial charge is 0.491 e. The quantitative estimate of drug-likeness (QED) is 0.389. The minimum absolute atomic E-state index is 0.516. The van der Waals surface area contributed by atoms with Crippen LogP contribution in [0, 0.1) is 0 Å². The molecule has 0 fully saturated rings. The van der Waals surface area contributed by atoms with Gasteiger partial charge in [-0.05, 0) is 30.7 Å². The Bertz CT molecular complexity index is 415. The van der Waals surface area contributed by atoms with Crippen molar-refractivity contribution in [3.05, 3.63) is 29.8 Å². The molecule has 0 heterocycles. The van der Waals surface area contributed by atoms with Crippen LogP contribution >= 0.6 is 0 Å². The Kier molecular flexibility index (Phi) is 15.1. The van der Waals surface area contributed by atoms with Crippen molar-refractivity contribution in [2.45, 2.75) is 6.42 Å². The molecular weight excluding hydrogens is 338 g/mol. The summed E-state index contributed by atoms with van der Waals surface area (Å²) in [4.78, 5) is 0. The molecule has 0 bridgehead atoms. The number of methoxy groups -OCH3 is 1. The average molecular weight is 371 g/mol. The average Bonchev–Trinajstić information content (AvgIpc) is 2.66. The molecule has 26 heavy (non-hydrogen) atoms. The SMILES string of the molecule is COCCOCCOCCOCCOCCOc1ccc(CCN)cc1. The zero-order valence-corrected chi connectivity index (χ0v) is 15.8. The number of hydrogen-bond donors (Lipinski definition) is 1. The number of rotatable bonds is 18. The maximum atomic E-state index is 5.61. The van der Waals surface area contributed by atoms with Crippen LogP contribution in [-0.4, -0.2) is 79.7 Å². The highest BCUT2D eigenvalue weighted by atomic mass is 16.6. The summed E-state index contributed by atoms with van der Waals surface area (Å²) in [5.41, 5.74) is 6.74.